The summed E-state index contributed by atoms with van der Waals surface area (Å²) in [6, 6.07) is 2.33. The monoisotopic (exact) mass is 123 g/mol. The van der Waals surface area contributed by atoms with E-state index in [1.54, 1.807) is 0 Å². The van der Waals surface area contributed by atoms with Crippen molar-refractivity contribution in [2.75, 3.05) is 0 Å². The number of rotatable bonds is 0. The lowest BCUT2D eigenvalue weighted by atomic mass is 9.83. The molecule has 1 aliphatic rings. The van der Waals surface area contributed by atoms with E-state index in [0.717, 1.165) is 18.8 Å². The van der Waals surface area contributed by atoms with Crippen molar-refractivity contribution in [3.8, 4) is 6.07 Å². The fourth-order valence-electron chi connectivity index (χ4n) is 1.55. The Labute approximate surface area is 56.7 Å². The Morgan fingerprint density at radius 3 is 2.67 bits per heavy atom. The van der Waals surface area contributed by atoms with Gasteiger partial charge in [-0.15, -0.1) is 0 Å². The maximum absolute atomic E-state index is 8.56. The minimum absolute atomic E-state index is 0.369. The van der Waals surface area contributed by atoms with Crippen molar-refractivity contribution in [3.63, 3.8) is 0 Å². The van der Waals surface area contributed by atoms with E-state index in [4.69, 9.17) is 5.26 Å². The second-order valence-electron chi connectivity index (χ2n) is 3.10. The molecule has 0 heterocycles. The first kappa shape index (κ1) is 6.61. The van der Waals surface area contributed by atoms with E-state index in [1.165, 1.54) is 12.8 Å². The Balaban J connectivity index is 2.34. The highest BCUT2D eigenvalue weighted by molar-refractivity contribution is 4.86. The zero-order valence-electron chi connectivity index (χ0n) is 5.93. The predicted molar refractivity (Wildman–Crippen MR) is 36.7 cm³/mol. The first-order valence-electron chi connectivity index (χ1n) is 3.72. The smallest absolute Gasteiger partial charge is 0.0655 e. The van der Waals surface area contributed by atoms with Gasteiger partial charge in [0.1, 0.15) is 0 Å². The molecule has 0 bridgehead atoms. The fourth-order valence-corrected chi connectivity index (χ4v) is 1.55. The van der Waals surface area contributed by atoms with Crippen LogP contribution in [0.1, 0.15) is 32.6 Å². The summed E-state index contributed by atoms with van der Waals surface area (Å²) in [4.78, 5) is 0. The van der Waals surface area contributed by atoms with Crippen molar-refractivity contribution in [1.29, 1.82) is 5.26 Å². The molecule has 0 aromatic heterocycles. The van der Waals surface area contributed by atoms with Gasteiger partial charge in [-0.3, -0.25) is 0 Å². The molecule has 0 spiro atoms. The molecule has 2 atom stereocenters. The first-order valence-corrected chi connectivity index (χ1v) is 3.72. The van der Waals surface area contributed by atoms with Crippen LogP contribution in [0.4, 0.5) is 0 Å². The highest BCUT2D eigenvalue weighted by atomic mass is 14.3. The van der Waals surface area contributed by atoms with Crippen molar-refractivity contribution >= 4 is 0 Å². The molecule has 1 fully saturated rings. The summed E-state index contributed by atoms with van der Waals surface area (Å²) in [6.45, 7) is 2.24. The molecule has 0 saturated heterocycles. The first-order chi connectivity index (χ1) is 4.33. The normalized spacial score (nSPS) is 35.6. The third-order valence-electron chi connectivity index (χ3n) is 2.12. The predicted octanol–water partition coefficient (Wildman–Crippen LogP) is 2.34. The van der Waals surface area contributed by atoms with Gasteiger partial charge in [-0.25, -0.2) is 0 Å². The summed E-state index contributed by atoms with van der Waals surface area (Å²) in [5.41, 5.74) is 0. The van der Waals surface area contributed by atoms with Crippen molar-refractivity contribution in [2.45, 2.75) is 32.6 Å². The maximum Gasteiger partial charge on any atom is 0.0655 e. The van der Waals surface area contributed by atoms with Crippen molar-refractivity contribution in [3.05, 3.63) is 0 Å². The fraction of sp³-hybridized carbons (Fsp3) is 0.875. The topological polar surface area (TPSA) is 23.8 Å². The van der Waals surface area contributed by atoms with Gasteiger partial charge in [0.05, 0.1) is 6.07 Å². The summed E-state index contributed by atoms with van der Waals surface area (Å²) in [5.74, 6) is 1.16. The molecule has 0 N–H and O–H groups in total. The summed E-state index contributed by atoms with van der Waals surface area (Å²) in [6.07, 6.45) is 4.87. The van der Waals surface area contributed by atoms with Crippen LogP contribution in [0.2, 0.25) is 0 Å². The van der Waals surface area contributed by atoms with Crippen LogP contribution in [0.25, 0.3) is 0 Å². The van der Waals surface area contributed by atoms with Gasteiger partial charge >= 0.3 is 0 Å². The summed E-state index contributed by atoms with van der Waals surface area (Å²) in [5, 5.41) is 8.56. The number of nitriles is 1. The highest BCUT2D eigenvalue weighted by Crippen LogP contribution is 2.27. The zero-order chi connectivity index (χ0) is 6.69. The molecule has 50 valence electrons. The van der Waals surface area contributed by atoms with Gasteiger partial charge in [-0.05, 0) is 18.8 Å². The third kappa shape index (κ3) is 1.71. The average Bonchev–Trinajstić information content (AvgIpc) is 1.88. The van der Waals surface area contributed by atoms with Gasteiger partial charge in [0.2, 0.25) is 0 Å². The number of nitrogens with zero attached hydrogens (tertiary/aromatic N) is 1. The van der Waals surface area contributed by atoms with Crippen LogP contribution in [0.3, 0.4) is 0 Å². The molecule has 0 aromatic rings. The highest BCUT2D eigenvalue weighted by Gasteiger charge is 2.17. The Hall–Kier alpha value is -0.510. The van der Waals surface area contributed by atoms with Gasteiger partial charge in [0.25, 0.3) is 0 Å². The van der Waals surface area contributed by atoms with Gasteiger partial charge in [0.15, 0.2) is 0 Å². The van der Waals surface area contributed by atoms with E-state index in [1.807, 2.05) is 0 Å². The van der Waals surface area contributed by atoms with Gasteiger partial charge in [0, 0.05) is 5.92 Å². The van der Waals surface area contributed by atoms with E-state index >= 15 is 0 Å². The van der Waals surface area contributed by atoms with Crippen LogP contribution in [0.5, 0.6) is 0 Å². The van der Waals surface area contributed by atoms with Crippen LogP contribution in [-0.2, 0) is 0 Å². The van der Waals surface area contributed by atoms with Crippen LogP contribution in [0.15, 0.2) is 0 Å². The molecule has 1 aliphatic carbocycles. The van der Waals surface area contributed by atoms with Crippen LogP contribution >= 0.6 is 0 Å². The van der Waals surface area contributed by atoms with Crippen LogP contribution in [0, 0.1) is 23.2 Å². The van der Waals surface area contributed by atoms with Gasteiger partial charge in [-0.2, -0.15) is 5.26 Å². The lowest BCUT2D eigenvalue weighted by molar-refractivity contribution is 0.331. The van der Waals surface area contributed by atoms with E-state index in [2.05, 4.69) is 13.0 Å². The minimum atomic E-state index is 0.369. The average molecular weight is 123 g/mol. The molecule has 1 heteroatoms. The summed E-state index contributed by atoms with van der Waals surface area (Å²) < 4.78 is 0. The summed E-state index contributed by atoms with van der Waals surface area (Å²) in [7, 11) is 0. The zero-order valence-corrected chi connectivity index (χ0v) is 5.93. The second-order valence-corrected chi connectivity index (χ2v) is 3.10. The molecular weight excluding hydrogens is 110 g/mol. The SMILES string of the molecule is C[C@H]1CCC[C@@H](C#N)C1. The van der Waals surface area contributed by atoms with E-state index in [9.17, 15) is 0 Å². The standard InChI is InChI=1S/C8H13N/c1-7-3-2-4-8(5-7)6-9/h7-8H,2-5H2,1H3/t7-,8+/m0/s1. The molecule has 1 saturated carbocycles. The van der Waals surface area contributed by atoms with Crippen LogP contribution < -0.4 is 0 Å². The van der Waals surface area contributed by atoms with Gasteiger partial charge < -0.3 is 0 Å². The number of hydrogen-bond acceptors (Lipinski definition) is 1. The van der Waals surface area contributed by atoms with E-state index in [-0.39, 0.29) is 0 Å². The largest absolute Gasteiger partial charge is 0.198 e. The lowest BCUT2D eigenvalue weighted by Gasteiger charge is -2.20. The minimum Gasteiger partial charge on any atom is -0.198 e. The molecule has 1 rings (SSSR count). The molecule has 0 radical (unpaired) electrons. The molecule has 0 unspecified atom stereocenters. The molecule has 0 aliphatic heterocycles. The summed E-state index contributed by atoms with van der Waals surface area (Å²) >= 11 is 0. The Morgan fingerprint density at radius 2 is 2.22 bits per heavy atom. The number of hydrogen-bond donors (Lipinski definition) is 0. The quantitative estimate of drug-likeness (QED) is 0.485. The third-order valence-corrected chi connectivity index (χ3v) is 2.12. The molecule has 0 aromatic carbocycles. The second kappa shape index (κ2) is 2.87. The molecule has 1 nitrogen and oxygen atoms in total. The molecular formula is C8H13N. The van der Waals surface area contributed by atoms with E-state index < -0.39 is 0 Å². The van der Waals surface area contributed by atoms with Crippen molar-refractivity contribution < 1.29 is 0 Å². The Kier molecular flexibility index (Phi) is 2.10. The maximum atomic E-state index is 8.56. The van der Waals surface area contributed by atoms with Crippen LogP contribution in [-0.4, -0.2) is 0 Å². The Bertz CT molecular complexity index is 123. The Morgan fingerprint density at radius 1 is 1.44 bits per heavy atom. The molecule has 9 heavy (non-hydrogen) atoms. The lowest BCUT2D eigenvalue weighted by Crippen LogP contribution is -2.10. The van der Waals surface area contributed by atoms with E-state index in [0.29, 0.717) is 5.92 Å². The van der Waals surface area contributed by atoms with Crippen molar-refractivity contribution in [1.82, 2.24) is 0 Å². The molecule has 0 amide bonds. The van der Waals surface area contributed by atoms with Crippen molar-refractivity contribution in [2.24, 2.45) is 11.8 Å². The van der Waals surface area contributed by atoms with Gasteiger partial charge in [-0.1, -0.05) is 19.8 Å².